The second kappa shape index (κ2) is 7.30. The Balaban J connectivity index is 1.55. The summed E-state index contributed by atoms with van der Waals surface area (Å²) >= 11 is 11.8. The molecule has 0 atom stereocenters. The number of carbonyl (C=O) groups is 1. The van der Waals surface area contributed by atoms with Gasteiger partial charge in [0, 0.05) is 49.5 Å². The molecule has 2 heterocycles. The van der Waals surface area contributed by atoms with Gasteiger partial charge in [0.2, 0.25) is 0 Å². The Morgan fingerprint density at radius 1 is 1.09 bits per heavy atom. The number of amides is 1. The van der Waals surface area contributed by atoms with E-state index in [-0.39, 0.29) is 5.91 Å². The predicted octanol–water partition coefficient (Wildman–Crippen LogP) is 3.35. The van der Waals surface area contributed by atoms with E-state index in [1.54, 1.807) is 36.5 Å². The molecule has 1 aliphatic heterocycles. The lowest BCUT2D eigenvalue weighted by Gasteiger charge is -2.34. The third-order valence-corrected chi connectivity index (χ3v) is 4.38. The van der Waals surface area contributed by atoms with Gasteiger partial charge in [0.25, 0.3) is 5.91 Å². The summed E-state index contributed by atoms with van der Waals surface area (Å²) in [6.07, 6.45) is 1.80. The number of benzene rings is 1. The van der Waals surface area contributed by atoms with Crippen LogP contribution in [0.1, 0.15) is 15.9 Å². The minimum absolute atomic E-state index is 0.0420. The molecule has 6 heteroatoms. The third kappa shape index (κ3) is 4.22. The molecule has 1 fully saturated rings. The van der Waals surface area contributed by atoms with Crippen LogP contribution in [0.25, 0.3) is 0 Å². The number of pyridine rings is 1. The van der Waals surface area contributed by atoms with E-state index < -0.39 is 0 Å². The monoisotopic (exact) mass is 349 g/mol. The molecule has 1 aromatic carbocycles. The highest BCUT2D eigenvalue weighted by atomic mass is 35.5. The van der Waals surface area contributed by atoms with Gasteiger partial charge in [-0.05, 0) is 29.8 Å². The van der Waals surface area contributed by atoms with Gasteiger partial charge in [0.05, 0.1) is 0 Å². The van der Waals surface area contributed by atoms with Crippen LogP contribution in [0.5, 0.6) is 0 Å². The Bertz CT molecular complexity index is 682. The summed E-state index contributed by atoms with van der Waals surface area (Å²) in [5.41, 5.74) is 1.77. The molecule has 120 valence electrons. The molecule has 4 nitrogen and oxygen atoms in total. The van der Waals surface area contributed by atoms with Crippen LogP contribution in [0.3, 0.4) is 0 Å². The van der Waals surface area contributed by atoms with Crippen LogP contribution < -0.4 is 0 Å². The van der Waals surface area contributed by atoms with E-state index in [1.165, 1.54) is 0 Å². The van der Waals surface area contributed by atoms with Crippen molar-refractivity contribution >= 4 is 29.1 Å². The number of piperazine rings is 1. The van der Waals surface area contributed by atoms with E-state index in [2.05, 4.69) is 9.88 Å². The zero-order valence-electron chi connectivity index (χ0n) is 12.6. The molecular formula is C17H17Cl2N3O. The first kappa shape index (κ1) is 16.2. The number of hydrogen-bond donors (Lipinski definition) is 0. The standard InChI is InChI=1S/C17H17Cl2N3O/c18-15-3-1-2-14(10-15)17(23)22-8-6-21(7-9-22)12-13-4-5-16(19)20-11-13/h1-5,10-11H,6-9,12H2. The van der Waals surface area contributed by atoms with Crippen LogP contribution in [-0.2, 0) is 6.54 Å². The van der Waals surface area contributed by atoms with Crippen molar-refractivity contribution in [3.63, 3.8) is 0 Å². The first-order valence-corrected chi connectivity index (χ1v) is 8.25. The van der Waals surface area contributed by atoms with Gasteiger partial charge in [0.1, 0.15) is 5.15 Å². The van der Waals surface area contributed by atoms with Gasteiger partial charge in [0.15, 0.2) is 0 Å². The predicted molar refractivity (Wildman–Crippen MR) is 91.9 cm³/mol. The molecule has 0 radical (unpaired) electrons. The number of nitrogens with zero attached hydrogens (tertiary/aromatic N) is 3. The second-order valence-corrected chi connectivity index (χ2v) is 6.39. The molecule has 0 aliphatic carbocycles. The Labute approximate surface area is 145 Å². The van der Waals surface area contributed by atoms with E-state index in [0.717, 1.165) is 25.2 Å². The summed E-state index contributed by atoms with van der Waals surface area (Å²) in [6.45, 7) is 3.94. The summed E-state index contributed by atoms with van der Waals surface area (Å²) in [5, 5.41) is 1.09. The number of carbonyl (C=O) groups excluding carboxylic acids is 1. The maximum atomic E-state index is 12.5. The topological polar surface area (TPSA) is 36.4 Å². The molecule has 0 bridgehead atoms. The number of aromatic nitrogens is 1. The summed E-state index contributed by atoms with van der Waals surface area (Å²) in [6, 6.07) is 10.9. The SMILES string of the molecule is O=C(c1cccc(Cl)c1)N1CCN(Cc2ccc(Cl)nc2)CC1. The van der Waals surface area contributed by atoms with Crippen LogP contribution in [0.15, 0.2) is 42.6 Å². The molecule has 0 N–H and O–H groups in total. The highest BCUT2D eigenvalue weighted by Gasteiger charge is 2.22. The Kier molecular flexibility index (Phi) is 5.16. The van der Waals surface area contributed by atoms with E-state index in [9.17, 15) is 4.79 Å². The van der Waals surface area contributed by atoms with Gasteiger partial charge in [-0.15, -0.1) is 0 Å². The Hall–Kier alpha value is -1.62. The van der Waals surface area contributed by atoms with E-state index in [1.807, 2.05) is 11.0 Å². The zero-order chi connectivity index (χ0) is 16.2. The fourth-order valence-electron chi connectivity index (χ4n) is 2.67. The normalized spacial score (nSPS) is 15.7. The third-order valence-electron chi connectivity index (χ3n) is 3.93. The summed E-state index contributed by atoms with van der Waals surface area (Å²) in [7, 11) is 0. The lowest BCUT2D eigenvalue weighted by atomic mass is 10.1. The smallest absolute Gasteiger partial charge is 0.253 e. The van der Waals surface area contributed by atoms with Gasteiger partial charge in [-0.3, -0.25) is 9.69 Å². The van der Waals surface area contributed by atoms with Crippen molar-refractivity contribution in [2.45, 2.75) is 6.54 Å². The van der Waals surface area contributed by atoms with Gasteiger partial charge in [-0.25, -0.2) is 4.98 Å². The quantitative estimate of drug-likeness (QED) is 0.797. The van der Waals surface area contributed by atoms with Crippen molar-refractivity contribution in [2.75, 3.05) is 26.2 Å². The lowest BCUT2D eigenvalue weighted by Crippen LogP contribution is -2.48. The van der Waals surface area contributed by atoms with Crippen LogP contribution in [0.2, 0.25) is 10.2 Å². The van der Waals surface area contributed by atoms with Crippen molar-refractivity contribution in [1.82, 2.24) is 14.8 Å². The molecule has 23 heavy (non-hydrogen) atoms. The first-order chi connectivity index (χ1) is 11.1. The highest BCUT2D eigenvalue weighted by molar-refractivity contribution is 6.31. The maximum Gasteiger partial charge on any atom is 0.253 e. The number of halogens is 2. The summed E-state index contributed by atoms with van der Waals surface area (Å²) in [4.78, 5) is 20.8. The molecule has 1 saturated heterocycles. The number of rotatable bonds is 3. The van der Waals surface area contributed by atoms with Crippen LogP contribution in [-0.4, -0.2) is 46.9 Å². The molecule has 0 spiro atoms. The summed E-state index contributed by atoms with van der Waals surface area (Å²) in [5.74, 6) is 0.0420. The largest absolute Gasteiger partial charge is 0.336 e. The Morgan fingerprint density at radius 2 is 1.87 bits per heavy atom. The van der Waals surface area contributed by atoms with Crippen LogP contribution in [0.4, 0.5) is 0 Å². The fraction of sp³-hybridized carbons (Fsp3) is 0.294. The minimum atomic E-state index is 0.0420. The van der Waals surface area contributed by atoms with Gasteiger partial charge >= 0.3 is 0 Å². The van der Waals surface area contributed by atoms with Crippen molar-refractivity contribution in [3.05, 3.63) is 63.9 Å². The molecule has 1 aromatic heterocycles. The molecular weight excluding hydrogens is 333 g/mol. The number of hydrogen-bond acceptors (Lipinski definition) is 3. The van der Waals surface area contributed by atoms with Gasteiger partial charge < -0.3 is 4.90 Å². The zero-order valence-corrected chi connectivity index (χ0v) is 14.1. The van der Waals surface area contributed by atoms with Gasteiger partial charge in [-0.1, -0.05) is 35.3 Å². The van der Waals surface area contributed by atoms with Crippen molar-refractivity contribution in [1.29, 1.82) is 0 Å². The van der Waals surface area contributed by atoms with E-state index in [4.69, 9.17) is 23.2 Å². The minimum Gasteiger partial charge on any atom is -0.336 e. The second-order valence-electron chi connectivity index (χ2n) is 5.57. The van der Waals surface area contributed by atoms with Crippen molar-refractivity contribution in [2.24, 2.45) is 0 Å². The molecule has 0 saturated carbocycles. The van der Waals surface area contributed by atoms with Crippen LogP contribution >= 0.6 is 23.2 Å². The Morgan fingerprint density at radius 3 is 2.52 bits per heavy atom. The highest BCUT2D eigenvalue weighted by Crippen LogP contribution is 2.15. The molecule has 1 amide bonds. The van der Waals surface area contributed by atoms with E-state index in [0.29, 0.717) is 28.8 Å². The average molecular weight is 350 g/mol. The van der Waals surface area contributed by atoms with Crippen molar-refractivity contribution in [3.8, 4) is 0 Å². The molecule has 0 unspecified atom stereocenters. The van der Waals surface area contributed by atoms with E-state index >= 15 is 0 Å². The lowest BCUT2D eigenvalue weighted by molar-refractivity contribution is 0.0628. The van der Waals surface area contributed by atoms with Crippen LogP contribution in [0, 0.1) is 0 Å². The van der Waals surface area contributed by atoms with Gasteiger partial charge in [-0.2, -0.15) is 0 Å². The average Bonchev–Trinajstić information content (AvgIpc) is 2.57. The molecule has 3 rings (SSSR count). The maximum absolute atomic E-state index is 12.5. The summed E-state index contributed by atoms with van der Waals surface area (Å²) < 4.78 is 0. The molecule has 2 aromatic rings. The molecule has 1 aliphatic rings. The first-order valence-electron chi connectivity index (χ1n) is 7.49. The fourth-order valence-corrected chi connectivity index (χ4v) is 2.97. The van der Waals surface area contributed by atoms with Crippen molar-refractivity contribution < 1.29 is 4.79 Å².